The number of nitrogens with one attached hydrogen (secondary N) is 1. The second-order valence-corrected chi connectivity index (χ2v) is 4.76. The van der Waals surface area contributed by atoms with Crippen LogP contribution in [0.1, 0.15) is 31.2 Å². The molecule has 0 aromatic carbocycles. The average Bonchev–Trinajstić information content (AvgIpc) is 2.47. The van der Waals surface area contributed by atoms with Crippen LogP contribution in [0.15, 0.2) is 24.5 Å². The number of hydrogen-bond donors (Lipinski definition) is 1. The number of nitrogens with zero attached hydrogens (tertiary/aromatic N) is 2. The minimum Gasteiger partial charge on any atom is -0.352 e. The van der Waals surface area contributed by atoms with E-state index in [0.717, 1.165) is 31.5 Å². The first-order chi connectivity index (χ1) is 9.25. The highest BCUT2D eigenvalue weighted by molar-refractivity contribution is 5.96. The molecule has 5 nitrogen and oxygen atoms in total. The first kappa shape index (κ1) is 13.5. The van der Waals surface area contributed by atoms with Crippen LogP contribution in [0.25, 0.3) is 0 Å². The van der Waals surface area contributed by atoms with Gasteiger partial charge in [-0.05, 0) is 30.9 Å². The van der Waals surface area contributed by atoms with Crippen molar-refractivity contribution < 1.29 is 9.59 Å². The van der Waals surface area contributed by atoms with E-state index in [2.05, 4.69) is 10.3 Å². The van der Waals surface area contributed by atoms with Gasteiger partial charge in [0.15, 0.2) is 0 Å². The van der Waals surface area contributed by atoms with Crippen LogP contribution in [0.3, 0.4) is 0 Å². The lowest BCUT2D eigenvalue weighted by Gasteiger charge is -2.26. The molecule has 0 unspecified atom stereocenters. The number of carbonyl (C=O) groups is 2. The summed E-state index contributed by atoms with van der Waals surface area (Å²) in [7, 11) is 0. The van der Waals surface area contributed by atoms with E-state index in [1.807, 2.05) is 12.1 Å². The third-order valence-corrected chi connectivity index (χ3v) is 3.23. The Morgan fingerprint density at radius 2 is 2.05 bits per heavy atom. The number of aromatic nitrogens is 1. The Bertz CT molecular complexity index is 428. The van der Waals surface area contributed by atoms with Crippen LogP contribution in [0.5, 0.6) is 0 Å². The van der Waals surface area contributed by atoms with Crippen LogP contribution >= 0.6 is 0 Å². The van der Waals surface area contributed by atoms with Gasteiger partial charge in [-0.2, -0.15) is 0 Å². The first-order valence-electron chi connectivity index (χ1n) is 6.69. The zero-order chi connectivity index (χ0) is 13.5. The number of carbonyl (C=O) groups excluding carboxylic acids is 2. The van der Waals surface area contributed by atoms with E-state index in [-0.39, 0.29) is 18.2 Å². The number of likely N-dealkylation sites (tertiary alicyclic amines) is 1. The maximum atomic E-state index is 11.9. The predicted octanol–water partition coefficient (Wildman–Crippen LogP) is 1.10. The monoisotopic (exact) mass is 261 g/mol. The molecule has 0 radical (unpaired) electrons. The van der Waals surface area contributed by atoms with Crippen molar-refractivity contribution in [1.82, 2.24) is 15.2 Å². The lowest BCUT2D eigenvalue weighted by Crippen LogP contribution is -2.38. The number of rotatable bonds is 4. The van der Waals surface area contributed by atoms with Crippen LogP contribution in [0, 0.1) is 0 Å². The summed E-state index contributed by atoms with van der Waals surface area (Å²) >= 11 is 0. The molecule has 2 heterocycles. The molecule has 2 amide bonds. The van der Waals surface area contributed by atoms with Crippen LogP contribution in [-0.4, -0.2) is 34.8 Å². The molecular weight excluding hydrogens is 242 g/mol. The van der Waals surface area contributed by atoms with Gasteiger partial charge in [-0.1, -0.05) is 6.07 Å². The van der Waals surface area contributed by atoms with E-state index in [1.54, 1.807) is 17.3 Å². The second-order valence-electron chi connectivity index (χ2n) is 4.76. The fraction of sp³-hybridized carbons (Fsp3) is 0.500. The Morgan fingerprint density at radius 3 is 2.74 bits per heavy atom. The lowest BCUT2D eigenvalue weighted by atomic mass is 10.1. The number of amides is 2. The molecule has 0 atom stereocenters. The fourth-order valence-electron chi connectivity index (χ4n) is 2.16. The van der Waals surface area contributed by atoms with E-state index in [1.165, 1.54) is 6.42 Å². The molecule has 1 fully saturated rings. The molecule has 19 heavy (non-hydrogen) atoms. The van der Waals surface area contributed by atoms with Gasteiger partial charge in [0.2, 0.25) is 11.8 Å². The van der Waals surface area contributed by atoms with E-state index in [0.29, 0.717) is 6.54 Å². The van der Waals surface area contributed by atoms with Crippen molar-refractivity contribution in [3.63, 3.8) is 0 Å². The SMILES string of the molecule is O=C(CC(=O)N1CCCCC1)NCc1cccnc1. The summed E-state index contributed by atoms with van der Waals surface area (Å²) in [6.07, 6.45) is 6.60. The molecular formula is C14H19N3O2. The highest BCUT2D eigenvalue weighted by atomic mass is 16.2. The van der Waals surface area contributed by atoms with Crippen molar-refractivity contribution in [1.29, 1.82) is 0 Å². The minimum absolute atomic E-state index is 0.0553. The van der Waals surface area contributed by atoms with Crippen molar-refractivity contribution >= 4 is 11.8 Å². The van der Waals surface area contributed by atoms with Gasteiger partial charge in [0.05, 0.1) is 0 Å². The highest BCUT2D eigenvalue weighted by Crippen LogP contribution is 2.09. The quantitative estimate of drug-likeness (QED) is 0.826. The van der Waals surface area contributed by atoms with E-state index < -0.39 is 0 Å². The molecule has 1 aliphatic heterocycles. The summed E-state index contributed by atoms with van der Waals surface area (Å²) in [5.41, 5.74) is 0.932. The van der Waals surface area contributed by atoms with Gasteiger partial charge in [-0.3, -0.25) is 14.6 Å². The van der Waals surface area contributed by atoms with Crippen molar-refractivity contribution in [2.75, 3.05) is 13.1 Å². The molecule has 2 rings (SSSR count). The second kappa shape index (κ2) is 6.87. The van der Waals surface area contributed by atoms with Gasteiger partial charge >= 0.3 is 0 Å². The fourth-order valence-corrected chi connectivity index (χ4v) is 2.16. The molecule has 0 saturated carbocycles. The van der Waals surface area contributed by atoms with Gasteiger partial charge < -0.3 is 10.2 Å². The largest absolute Gasteiger partial charge is 0.352 e. The molecule has 0 bridgehead atoms. The Morgan fingerprint density at radius 1 is 1.26 bits per heavy atom. The van der Waals surface area contributed by atoms with E-state index in [9.17, 15) is 9.59 Å². The predicted molar refractivity (Wildman–Crippen MR) is 71.1 cm³/mol. The molecule has 1 aromatic heterocycles. The number of pyridine rings is 1. The maximum absolute atomic E-state index is 11.9. The number of hydrogen-bond acceptors (Lipinski definition) is 3. The molecule has 102 valence electrons. The molecule has 1 saturated heterocycles. The van der Waals surface area contributed by atoms with Crippen LogP contribution < -0.4 is 5.32 Å². The van der Waals surface area contributed by atoms with Crippen molar-refractivity contribution in [3.8, 4) is 0 Å². The smallest absolute Gasteiger partial charge is 0.232 e. The molecule has 1 aliphatic rings. The minimum atomic E-state index is -0.223. The Labute approximate surface area is 113 Å². The average molecular weight is 261 g/mol. The van der Waals surface area contributed by atoms with Crippen LogP contribution in [0.2, 0.25) is 0 Å². The van der Waals surface area contributed by atoms with Crippen molar-refractivity contribution in [3.05, 3.63) is 30.1 Å². The van der Waals surface area contributed by atoms with Gasteiger partial charge in [0, 0.05) is 32.0 Å². The standard InChI is InChI=1S/C14H19N3O2/c18-13(16-11-12-5-4-6-15-10-12)9-14(19)17-7-2-1-3-8-17/h4-6,10H,1-3,7-9,11H2,(H,16,18). The Kier molecular flexibility index (Phi) is 4.89. The topological polar surface area (TPSA) is 62.3 Å². The molecule has 0 spiro atoms. The molecule has 0 aliphatic carbocycles. The molecule has 1 aromatic rings. The van der Waals surface area contributed by atoms with Gasteiger partial charge in [-0.15, -0.1) is 0 Å². The summed E-state index contributed by atoms with van der Waals surface area (Å²) in [6.45, 7) is 1.99. The third kappa shape index (κ3) is 4.35. The third-order valence-electron chi connectivity index (χ3n) is 3.23. The lowest BCUT2D eigenvalue weighted by molar-refractivity contribution is -0.136. The van der Waals surface area contributed by atoms with Gasteiger partial charge in [-0.25, -0.2) is 0 Å². The van der Waals surface area contributed by atoms with Crippen LogP contribution in [0.4, 0.5) is 0 Å². The summed E-state index contributed by atoms with van der Waals surface area (Å²) < 4.78 is 0. The van der Waals surface area contributed by atoms with Crippen molar-refractivity contribution in [2.45, 2.75) is 32.2 Å². The summed E-state index contributed by atoms with van der Waals surface area (Å²) in [5.74, 6) is -0.289. The highest BCUT2D eigenvalue weighted by Gasteiger charge is 2.18. The van der Waals surface area contributed by atoms with E-state index >= 15 is 0 Å². The Hall–Kier alpha value is -1.91. The van der Waals surface area contributed by atoms with Gasteiger partial charge in [0.1, 0.15) is 6.42 Å². The summed E-state index contributed by atoms with van der Waals surface area (Å²) in [6, 6.07) is 3.71. The first-order valence-corrected chi connectivity index (χ1v) is 6.69. The normalized spacial score (nSPS) is 15.1. The maximum Gasteiger partial charge on any atom is 0.232 e. The molecule has 5 heteroatoms. The van der Waals surface area contributed by atoms with Crippen molar-refractivity contribution in [2.24, 2.45) is 0 Å². The van der Waals surface area contributed by atoms with Gasteiger partial charge in [0.25, 0.3) is 0 Å². The zero-order valence-corrected chi connectivity index (χ0v) is 11.0. The van der Waals surface area contributed by atoms with E-state index in [4.69, 9.17) is 0 Å². The number of piperidine rings is 1. The zero-order valence-electron chi connectivity index (χ0n) is 11.0. The molecule has 1 N–H and O–H groups in total. The van der Waals surface area contributed by atoms with Crippen LogP contribution in [-0.2, 0) is 16.1 Å². The Balaban J connectivity index is 1.73. The summed E-state index contributed by atoms with van der Waals surface area (Å²) in [4.78, 5) is 29.3. The summed E-state index contributed by atoms with van der Waals surface area (Å²) in [5, 5.41) is 2.74.